The van der Waals surface area contributed by atoms with Crippen LogP contribution in [-0.4, -0.2) is 23.3 Å². The zero-order valence-electron chi connectivity index (χ0n) is 10.6. The number of halogens is 1. The van der Waals surface area contributed by atoms with Crippen LogP contribution in [0.3, 0.4) is 0 Å². The number of nitrogens with zero attached hydrogens (tertiary/aromatic N) is 3. The summed E-state index contributed by atoms with van der Waals surface area (Å²) >= 11 is 0. The van der Waals surface area contributed by atoms with Gasteiger partial charge in [-0.1, -0.05) is 5.16 Å². The van der Waals surface area contributed by atoms with Crippen LogP contribution in [0, 0.1) is 5.82 Å². The van der Waals surface area contributed by atoms with Crippen molar-refractivity contribution in [2.45, 2.75) is 0 Å². The molecular weight excluding hydrogens is 265 g/mol. The number of anilines is 2. The molecule has 104 valence electrons. The molecule has 1 heterocycles. The van der Waals surface area contributed by atoms with Gasteiger partial charge < -0.3 is 21.0 Å². The van der Waals surface area contributed by atoms with Crippen molar-refractivity contribution < 1.29 is 14.0 Å². The van der Waals surface area contributed by atoms with E-state index in [4.69, 9.17) is 16.2 Å². The van der Waals surface area contributed by atoms with E-state index in [0.29, 0.717) is 5.56 Å². The highest BCUT2D eigenvalue weighted by Crippen LogP contribution is 2.26. The second-order valence-electron chi connectivity index (χ2n) is 3.68. The lowest BCUT2D eigenvalue weighted by Gasteiger charge is -2.08. The highest BCUT2D eigenvalue weighted by Gasteiger charge is 2.11. The summed E-state index contributed by atoms with van der Waals surface area (Å²) in [6.07, 6.45) is 2.53. The van der Waals surface area contributed by atoms with Crippen LogP contribution in [0.4, 0.5) is 15.9 Å². The van der Waals surface area contributed by atoms with Crippen molar-refractivity contribution >= 4 is 17.7 Å². The molecule has 0 saturated carbocycles. The van der Waals surface area contributed by atoms with Gasteiger partial charge in [0, 0.05) is 6.07 Å². The fraction of sp³-hybridized carbons (Fsp3) is 0.0833. The van der Waals surface area contributed by atoms with Gasteiger partial charge >= 0.3 is 0 Å². The van der Waals surface area contributed by atoms with Crippen LogP contribution in [0.25, 0.3) is 0 Å². The Hall–Kier alpha value is -2.90. The van der Waals surface area contributed by atoms with E-state index in [0.717, 1.165) is 6.07 Å². The largest absolute Gasteiger partial charge is 0.438 e. The molecule has 7 nitrogen and oxygen atoms in total. The maximum atomic E-state index is 13.4. The Morgan fingerprint density at radius 1 is 1.30 bits per heavy atom. The predicted octanol–water partition coefficient (Wildman–Crippen LogP) is 1.55. The molecule has 0 saturated heterocycles. The third-order valence-electron chi connectivity index (χ3n) is 2.35. The quantitative estimate of drug-likeness (QED) is 0.498. The summed E-state index contributed by atoms with van der Waals surface area (Å²) in [6, 6.07) is 4.04. The van der Waals surface area contributed by atoms with Crippen molar-refractivity contribution in [2.75, 3.05) is 18.6 Å². The first-order valence-electron chi connectivity index (χ1n) is 5.51. The van der Waals surface area contributed by atoms with Gasteiger partial charge in [-0.25, -0.2) is 14.4 Å². The second-order valence-corrected chi connectivity index (χ2v) is 3.68. The average Bonchev–Trinajstić information content (AvgIpc) is 2.42. The molecule has 1 aromatic carbocycles. The minimum absolute atomic E-state index is 0.0284. The number of hydrogen-bond donors (Lipinski definition) is 2. The fourth-order valence-corrected chi connectivity index (χ4v) is 1.38. The Morgan fingerprint density at radius 2 is 2.10 bits per heavy atom. The topological polar surface area (TPSA) is 109 Å². The molecule has 0 bridgehead atoms. The van der Waals surface area contributed by atoms with Crippen LogP contribution in [0.15, 0.2) is 29.7 Å². The molecule has 0 amide bonds. The molecule has 4 N–H and O–H groups in total. The summed E-state index contributed by atoms with van der Waals surface area (Å²) in [5.41, 5.74) is 11.4. The number of oxime groups is 1. The molecule has 2 aromatic rings. The first-order valence-corrected chi connectivity index (χ1v) is 5.51. The van der Waals surface area contributed by atoms with Crippen molar-refractivity contribution in [3.8, 4) is 11.6 Å². The Balaban J connectivity index is 2.35. The number of benzene rings is 1. The predicted molar refractivity (Wildman–Crippen MR) is 71.9 cm³/mol. The van der Waals surface area contributed by atoms with Gasteiger partial charge in [0.15, 0.2) is 0 Å². The SMILES string of the molecule is CON=Cc1c(N)ncnc1Oc1ccc(N)c(F)c1. The summed E-state index contributed by atoms with van der Waals surface area (Å²) in [5, 5.41) is 3.58. The van der Waals surface area contributed by atoms with Crippen LogP contribution < -0.4 is 16.2 Å². The molecule has 0 fully saturated rings. The van der Waals surface area contributed by atoms with Gasteiger partial charge in [-0.3, -0.25) is 0 Å². The molecule has 0 aliphatic rings. The maximum Gasteiger partial charge on any atom is 0.233 e. The van der Waals surface area contributed by atoms with Crippen LogP contribution in [0.1, 0.15) is 5.56 Å². The van der Waals surface area contributed by atoms with E-state index >= 15 is 0 Å². The van der Waals surface area contributed by atoms with Gasteiger partial charge in [0.05, 0.1) is 11.9 Å². The van der Waals surface area contributed by atoms with Crippen molar-refractivity contribution in [2.24, 2.45) is 5.16 Å². The van der Waals surface area contributed by atoms with Crippen molar-refractivity contribution in [1.82, 2.24) is 9.97 Å². The summed E-state index contributed by atoms with van der Waals surface area (Å²) in [4.78, 5) is 12.3. The monoisotopic (exact) mass is 277 g/mol. The molecule has 0 aliphatic carbocycles. The summed E-state index contributed by atoms with van der Waals surface area (Å²) < 4.78 is 18.8. The van der Waals surface area contributed by atoms with Crippen LogP contribution >= 0.6 is 0 Å². The standard InChI is InChI=1S/C12H12FN5O2/c1-19-18-5-8-11(15)16-6-17-12(8)20-7-2-3-10(14)9(13)4-7/h2-6H,14H2,1H3,(H2,15,16,17). The first-order chi connectivity index (χ1) is 9.61. The molecule has 0 unspecified atom stereocenters. The van der Waals surface area contributed by atoms with Crippen molar-refractivity contribution in [1.29, 1.82) is 0 Å². The molecule has 0 atom stereocenters. The molecule has 8 heteroatoms. The summed E-state index contributed by atoms with van der Waals surface area (Å²) in [7, 11) is 1.38. The van der Waals surface area contributed by atoms with Gasteiger partial charge in [0.25, 0.3) is 0 Å². The number of nitrogen functional groups attached to an aromatic ring is 2. The van der Waals surface area contributed by atoms with Crippen molar-refractivity contribution in [3.05, 3.63) is 35.9 Å². The molecule has 0 radical (unpaired) electrons. The number of nitrogens with two attached hydrogens (primary N) is 2. The Labute approximate surface area is 114 Å². The highest BCUT2D eigenvalue weighted by molar-refractivity contribution is 5.88. The number of rotatable bonds is 4. The molecule has 0 aliphatic heterocycles. The Kier molecular flexibility index (Phi) is 3.94. The van der Waals surface area contributed by atoms with Gasteiger partial charge in [0.2, 0.25) is 5.88 Å². The van der Waals surface area contributed by atoms with Gasteiger partial charge in [-0.05, 0) is 12.1 Å². The highest BCUT2D eigenvalue weighted by atomic mass is 19.1. The van der Waals surface area contributed by atoms with E-state index in [1.165, 1.54) is 31.8 Å². The molecule has 2 rings (SSSR count). The summed E-state index contributed by atoms with van der Waals surface area (Å²) in [5.74, 6) is -0.0762. The fourth-order valence-electron chi connectivity index (χ4n) is 1.38. The van der Waals surface area contributed by atoms with E-state index in [9.17, 15) is 4.39 Å². The smallest absolute Gasteiger partial charge is 0.233 e. The molecular formula is C12H12FN5O2. The third kappa shape index (κ3) is 2.91. The Morgan fingerprint density at radius 3 is 2.80 bits per heavy atom. The molecule has 20 heavy (non-hydrogen) atoms. The van der Waals surface area contributed by atoms with E-state index < -0.39 is 5.82 Å². The van der Waals surface area contributed by atoms with Crippen LogP contribution in [-0.2, 0) is 4.84 Å². The Bertz CT molecular complexity index is 648. The lowest BCUT2D eigenvalue weighted by atomic mass is 10.3. The second kappa shape index (κ2) is 5.83. The molecule has 1 aromatic heterocycles. The third-order valence-corrected chi connectivity index (χ3v) is 2.35. The van der Waals surface area contributed by atoms with E-state index in [1.54, 1.807) is 0 Å². The lowest BCUT2D eigenvalue weighted by molar-refractivity contribution is 0.215. The normalized spacial score (nSPS) is 10.7. The van der Waals surface area contributed by atoms with Gasteiger partial charge in [-0.15, -0.1) is 0 Å². The zero-order valence-corrected chi connectivity index (χ0v) is 10.6. The first kappa shape index (κ1) is 13.5. The summed E-state index contributed by atoms with van der Waals surface area (Å²) in [6.45, 7) is 0. The van der Waals surface area contributed by atoms with E-state index in [2.05, 4.69) is 20.0 Å². The van der Waals surface area contributed by atoms with E-state index in [-0.39, 0.29) is 23.1 Å². The van der Waals surface area contributed by atoms with Crippen LogP contribution in [0.5, 0.6) is 11.6 Å². The van der Waals surface area contributed by atoms with Gasteiger partial charge in [0.1, 0.15) is 36.4 Å². The molecule has 0 spiro atoms. The minimum Gasteiger partial charge on any atom is -0.438 e. The number of ether oxygens (including phenoxy) is 1. The van der Waals surface area contributed by atoms with E-state index in [1.807, 2.05) is 0 Å². The average molecular weight is 277 g/mol. The maximum absolute atomic E-state index is 13.4. The lowest BCUT2D eigenvalue weighted by Crippen LogP contribution is -2.02. The van der Waals surface area contributed by atoms with Crippen LogP contribution in [0.2, 0.25) is 0 Å². The number of hydrogen-bond acceptors (Lipinski definition) is 7. The number of aromatic nitrogens is 2. The minimum atomic E-state index is -0.586. The zero-order chi connectivity index (χ0) is 14.5. The van der Waals surface area contributed by atoms with Crippen molar-refractivity contribution in [3.63, 3.8) is 0 Å². The van der Waals surface area contributed by atoms with Gasteiger partial charge in [-0.2, -0.15) is 0 Å².